The Balaban J connectivity index is 1.46. The predicted molar refractivity (Wildman–Crippen MR) is 95.7 cm³/mol. The van der Waals surface area contributed by atoms with Gasteiger partial charge in [-0.25, -0.2) is 4.98 Å². The number of piperazine rings is 1. The number of amides is 1. The molecule has 1 aliphatic heterocycles. The van der Waals surface area contributed by atoms with Crippen LogP contribution in [0.1, 0.15) is 15.9 Å². The Hall–Kier alpha value is -2.41. The Morgan fingerprint density at radius 3 is 2.71 bits per heavy atom. The van der Waals surface area contributed by atoms with Gasteiger partial charge in [0.25, 0.3) is 5.91 Å². The van der Waals surface area contributed by atoms with E-state index in [9.17, 15) is 4.79 Å². The van der Waals surface area contributed by atoms with Crippen LogP contribution < -0.4 is 4.90 Å². The zero-order chi connectivity index (χ0) is 16.7. The highest BCUT2D eigenvalue weighted by Gasteiger charge is 2.24. The number of nitrogens with zero attached hydrogens (tertiary/aromatic N) is 5. The number of carbonyl (C=O) groups is 1. The summed E-state index contributed by atoms with van der Waals surface area (Å²) in [7, 11) is 1.82. The molecule has 0 aliphatic carbocycles. The molecule has 1 amide bonds. The van der Waals surface area contributed by atoms with Crippen molar-refractivity contribution in [1.82, 2.24) is 19.7 Å². The molecule has 0 radical (unpaired) electrons. The van der Waals surface area contributed by atoms with Crippen molar-refractivity contribution in [2.45, 2.75) is 6.92 Å². The molecule has 1 fully saturated rings. The van der Waals surface area contributed by atoms with Crippen molar-refractivity contribution in [2.24, 2.45) is 7.05 Å². The number of anilines is 1. The summed E-state index contributed by atoms with van der Waals surface area (Å²) in [6.45, 7) is 5.14. The van der Waals surface area contributed by atoms with Crippen LogP contribution in [0.3, 0.4) is 0 Å². The van der Waals surface area contributed by atoms with E-state index in [0.29, 0.717) is 18.7 Å². The summed E-state index contributed by atoms with van der Waals surface area (Å²) in [6, 6.07) is 6.35. The minimum absolute atomic E-state index is 0.0580. The van der Waals surface area contributed by atoms with Crippen LogP contribution in [0.4, 0.5) is 5.13 Å². The summed E-state index contributed by atoms with van der Waals surface area (Å²) in [6.07, 6.45) is 3.40. The highest BCUT2D eigenvalue weighted by atomic mass is 32.1. The van der Waals surface area contributed by atoms with Crippen LogP contribution in [-0.4, -0.2) is 51.8 Å². The molecule has 2 aromatic heterocycles. The molecule has 3 aromatic rings. The minimum atomic E-state index is 0.0580. The number of benzene rings is 1. The van der Waals surface area contributed by atoms with Crippen molar-refractivity contribution in [2.75, 3.05) is 31.1 Å². The van der Waals surface area contributed by atoms with E-state index in [1.165, 1.54) is 10.3 Å². The third-order valence-corrected chi connectivity index (χ3v) is 5.40. The van der Waals surface area contributed by atoms with Crippen LogP contribution in [0.15, 0.2) is 30.6 Å². The molecule has 0 N–H and O–H groups in total. The SMILES string of the molecule is Cc1ccc2nc(N3CCN(C(=O)c4cnn(C)c4)CC3)sc2c1. The molecular weight excluding hydrogens is 322 g/mol. The minimum Gasteiger partial charge on any atom is -0.345 e. The van der Waals surface area contributed by atoms with E-state index in [1.807, 2.05) is 11.9 Å². The highest BCUT2D eigenvalue weighted by Crippen LogP contribution is 2.30. The number of thiazole rings is 1. The molecule has 0 spiro atoms. The van der Waals surface area contributed by atoms with Crippen molar-refractivity contribution in [3.8, 4) is 0 Å². The summed E-state index contributed by atoms with van der Waals surface area (Å²) in [5, 5.41) is 5.12. The Morgan fingerprint density at radius 2 is 2.00 bits per heavy atom. The average molecular weight is 341 g/mol. The Labute approximate surface area is 144 Å². The number of hydrogen-bond donors (Lipinski definition) is 0. The van der Waals surface area contributed by atoms with Crippen LogP contribution in [0.5, 0.6) is 0 Å². The number of aryl methyl sites for hydroxylation is 2. The fourth-order valence-electron chi connectivity index (χ4n) is 2.97. The Bertz CT molecular complexity index is 891. The van der Waals surface area contributed by atoms with E-state index in [2.05, 4.69) is 35.1 Å². The van der Waals surface area contributed by atoms with E-state index in [0.717, 1.165) is 23.7 Å². The van der Waals surface area contributed by atoms with Gasteiger partial charge in [-0.05, 0) is 24.6 Å². The molecule has 0 atom stereocenters. The standard InChI is InChI=1S/C17H19N5OS/c1-12-3-4-14-15(9-12)24-17(19-14)22-7-5-21(6-8-22)16(23)13-10-18-20(2)11-13/h3-4,9-11H,5-8H2,1-2H3. The highest BCUT2D eigenvalue weighted by molar-refractivity contribution is 7.22. The summed E-state index contributed by atoms with van der Waals surface area (Å²) in [4.78, 5) is 21.4. The van der Waals surface area contributed by atoms with Gasteiger partial charge in [0.05, 0.1) is 22.0 Å². The summed E-state index contributed by atoms with van der Waals surface area (Å²) >= 11 is 1.73. The second-order valence-electron chi connectivity index (χ2n) is 6.15. The second-order valence-corrected chi connectivity index (χ2v) is 7.16. The lowest BCUT2D eigenvalue weighted by Crippen LogP contribution is -2.48. The first kappa shape index (κ1) is 15.1. The molecule has 0 unspecified atom stereocenters. The van der Waals surface area contributed by atoms with Gasteiger partial charge in [-0.3, -0.25) is 9.48 Å². The maximum atomic E-state index is 12.5. The molecule has 0 saturated carbocycles. The molecule has 3 heterocycles. The van der Waals surface area contributed by atoms with Crippen molar-refractivity contribution in [1.29, 1.82) is 0 Å². The molecule has 7 heteroatoms. The maximum absolute atomic E-state index is 12.5. The number of hydrogen-bond acceptors (Lipinski definition) is 5. The first-order valence-electron chi connectivity index (χ1n) is 8.00. The summed E-state index contributed by atoms with van der Waals surface area (Å²) in [5.41, 5.74) is 2.96. The van der Waals surface area contributed by atoms with Crippen molar-refractivity contribution in [3.63, 3.8) is 0 Å². The Kier molecular flexibility index (Phi) is 3.72. The quantitative estimate of drug-likeness (QED) is 0.718. The zero-order valence-electron chi connectivity index (χ0n) is 13.8. The van der Waals surface area contributed by atoms with E-state index < -0.39 is 0 Å². The molecular formula is C17H19N5OS. The molecule has 124 valence electrons. The largest absolute Gasteiger partial charge is 0.345 e. The second kappa shape index (κ2) is 5.90. The third-order valence-electron chi connectivity index (χ3n) is 4.32. The fraction of sp³-hybridized carbons (Fsp3) is 0.353. The molecule has 24 heavy (non-hydrogen) atoms. The van der Waals surface area contributed by atoms with Gasteiger partial charge in [-0.1, -0.05) is 17.4 Å². The number of carbonyl (C=O) groups excluding carboxylic acids is 1. The number of rotatable bonds is 2. The van der Waals surface area contributed by atoms with Crippen LogP contribution in [-0.2, 0) is 7.05 Å². The smallest absolute Gasteiger partial charge is 0.257 e. The van der Waals surface area contributed by atoms with Gasteiger partial charge >= 0.3 is 0 Å². The van der Waals surface area contributed by atoms with Gasteiger partial charge in [0, 0.05) is 39.4 Å². The predicted octanol–water partition coefficient (Wildman–Crippen LogP) is 2.30. The van der Waals surface area contributed by atoms with Gasteiger partial charge < -0.3 is 9.80 Å². The monoisotopic (exact) mass is 341 g/mol. The third kappa shape index (κ3) is 2.75. The lowest BCUT2D eigenvalue weighted by molar-refractivity contribution is 0.0746. The van der Waals surface area contributed by atoms with E-state index in [4.69, 9.17) is 4.98 Å². The molecule has 1 aromatic carbocycles. The lowest BCUT2D eigenvalue weighted by Gasteiger charge is -2.34. The van der Waals surface area contributed by atoms with Crippen LogP contribution in [0.2, 0.25) is 0 Å². The van der Waals surface area contributed by atoms with Gasteiger partial charge in [0.15, 0.2) is 5.13 Å². The van der Waals surface area contributed by atoms with Gasteiger partial charge in [0.1, 0.15) is 0 Å². The zero-order valence-corrected chi connectivity index (χ0v) is 14.6. The van der Waals surface area contributed by atoms with Crippen LogP contribution in [0, 0.1) is 6.92 Å². The van der Waals surface area contributed by atoms with Gasteiger partial charge in [0.2, 0.25) is 0 Å². The molecule has 6 nitrogen and oxygen atoms in total. The van der Waals surface area contributed by atoms with Crippen molar-refractivity contribution < 1.29 is 4.79 Å². The van der Waals surface area contributed by atoms with E-state index >= 15 is 0 Å². The maximum Gasteiger partial charge on any atom is 0.257 e. The average Bonchev–Trinajstić information content (AvgIpc) is 3.20. The number of fused-ring (bicyclic) bond motifs is 1. The van der Waals surface area contributed by atoms with E-state index in [1.54, 1.807) is 28.4 Å². The molecule has 1 aliphatic rings. The normalized spacial score (nSPS) is 15.2. The fourth-order valence-corrected chi connectivity index (χ4v) is 4.09. The van der Waals surface area contributed by atoms with Crippen molar-refractivity contribution in [3.05, 3.63) is 41.7 Å². The number of aromatic nitrogens is 3. The van der Waals surface area contributed by atoms with Gasteiger partial charge in [-0.2, -0.15) is 5.10 Å². The van der Waals surface area contributed by atoms with E-state index in [-0.39, 0.29) is 5.91 Å². The topological polar surface area (TPSA) is 54.3 Å². The van der Waals surface area contributed by atoms with Gasteiger partial charge in [-0.15, -0.1) is 0 Å². The van der Waals surface area contributed by atoms with Crippen LogP contribution >= 0.6 is 11.3 Å². The first-order chi connectivity index (χ1) is 11.6. The Morgan fingerprint density at radius 1 is 1.21 bits per heavy atom. The summed E-state index contributed by atoms with van der Waals surface area (Å²) < 4.78 is 2.88. The first-order valence-corrected chi connectivity index (χ1v) is 8.82. The van der Waals surface area contributed by atoms with Crippen molar-refractivity contribution >= 4 is 32.6 Å². The summed E-state index contributed by atoms with van der Waals surface area (Å²) in [5.74, 6) is 0.0580. The molecule has 1 saturated heterocycles. The van der Waals surface area contributed by atoms with Crippen LogP contribution in [0.25, 0.3) is 10.2 Å². The molecule has 4 rings (SSSR count). The lowest BCUT2D eigenvalue weighted by atomic mass is 10.2. The molecule has 0 bridgehead atoms.